The standard InChI is InChI=1S/C13H20F8N2O2/c1-4-9(8(2)24-3)23-7-10(11(14,15)16)22(13(23,20)21)5-6-25-12(17,18)19/h8-10H,4-7H2,1-3H3. The Morgan fingerprint density at radius 1 is 1.16 bits per heavy atom. The van der Waals surface area contributed by atoms with E-state index >= 15 is 0 Å². The molecule has 1 aliphatic rings. The first-order valence-corrected chi connectivity index (χ1v) is 7.47. The van der Waals surface area contributed by atoms with Gasteiger partial charge < -0.3 is 4.74 Å². The van der Waals surface area contributed by atoms with Gasteiger partial charge in [0.05, 0.1) is 12.7 Å². The molecule has 25 heavy (non-hydrogen) atoms. The number of hydrogen-bond acceptors (Lipinski definition) is 4. The summed E-state index contributed by atoms with van der Waals surface area (Å²) in [5, 5.41) is 0. The molecule has 1 aliphatic heterocycles. The van der Waals surface area contributed by atoms with Crippen molar-refractivity contribution in [3.63, 3.8) is 0 Å². The van der Waals surface area contributed by atoms with Crippen LogP contribution in [0.25, 0.3) is 0 Å². The molecular weight excluding hydrogens is 368 g/mol. The maximum atomic E-state index is 14.6. The van der Waals surface area contributed by atoms with E-state index in [1.54, 1.807) is 0 Å². The van der Waals surface area contributed by atoms with E-state index in [9.17, 15) is 35.1 Å². The highest BCUT2D eigenvalue weighted by molar-refractivity contribution is 4.97. The summed E-state index contributed by atoms with van der Waals surface area (Å²) in [5.74, 6) is 0. The summed E-state index contributed by atoms with van der Waals surface area (Å²) in [5.41, 5.74) is 0. The summed E-state index contributed by atoms with van der Waals surface area (Å²) in [7, 11) is 1.23. The number of nitrogens with zero attached hydrogens (tertiary/aromatic N) is 2. The fourth-order valence-corrected chi connectivity index (χ4v) is 2.88. The smallest absolute Gasteiger partial charge is 0.380 e. The number of alkyl halides is 8. The van der Waals surface area contributed by atoms with Crippen LogP contribution in [0.3, 0.4) is 0 Å². The average molecular weight is 388 g/mol. The van der Waals surface area contributed by atoms with Crippen LogP contribution in [0.1, 0.15) is 20.3 Å². The zero-order valence-corrected chi connectivity index (χ0v) is 13.8. The predicted molar refractivity (Wildman–Crippen MR) is 70.8 cm³/mol. The van der Waals surface area contributed by atoms with Crippen LogP contribution >= 0.6 is 0 Å². The molecule has 0 aromatic carbocycles. The molecule has 0 saturated carbocycles. The Bertz CT molecular complexity index is 429. The van der Waals surface area contributed by atoms with Crippen LogP contribution in [0.5, 0.6) is 0 Å². The molecule has 150 valence electrons. The van der Waals surface area contributed by atoms with Crippen LogP contribution in [0.15, 0.2) is 0 Å². The van der Waals surface area contributed by atoms with Gasteiger partial charge in [-0.25, -0.2) is 9.80 Å². The highest BCUT2D eigenvalue weighted by atomic mass is 19.4. The number of hydrogen-bond donors (Lipinski definition) is 0. The number of halogens is 8. The lowest BCUT2D eigenvalue weighted by Crippen LogP contribution is -2.55. The largest absolute Gasteiger partial charge is 0.522 e. The fraction of sp³-hybridized carbons (Fsp3) is 1.00. The SMILES string of the molecule is CCC(C(C)OC)N1CC(C(F)(F)F)N(CCOC(F)(F)F)C1(F)F. The molecule has 12 heteroatoms. The molecular formula is C13H20F8N2O2. The van der Waals surface area contributed by atoms with Gasteiger partial charge in [-0.1, -0.05) is 6.92 Å². The summed E-state index contributed by atoms with van der Waals surface area (Å²) >= 11 is 0. The third-order valence-corrected chi connectivity index (χ3v) is 4.14. The molecule has 1 heterocycles. The van der Waals surface area contributed by atoms with Crippen LogP contribution in [0.2, 0.25) is 0 Å². The van der Waals surface area contributed by atoms with Gasteiger partial charge in [0.25, 0.3) is 0 Å². The first-order valence-electron chi connectivity index (χ1n) is 7.47. The lowest BCUT2D eigenvalue weighted by Gasteiger charge is -2.37. The third-order valence-electron chi connectivity index (χ3n) is 4.14. The lowest BCUT2D eigenvalue weighted by molar-refractivity contribution is -0.330. The minimum atomic E-state index is -5.11. The molecule has 0 radical (unpaired) electrons. The fourth-order valence-electron chi connectivity index (χ4n) is 2.88. The van der Waals surface area contributed by atoms with Gasteiger partial charge in [-0.3, -0.25) is 4.74 Å². The highest BCUT2D eigenvalue weighted by Gasteiger charge is 2.63. The second-order valence-electron chi connectivity index (χ2n) is 5.62. The van der Waals surface area contributed by atoms with E-state index in [0.29, 0.717) is 4.90 Å². The van der Waals surface area contributed by atoms with Crippen molar-refractivity contribution in [2.75, 3.05) is 26.8 Å². The Morgan fingerprint density at radius 2 is 1.72 bits per heavy atom. The summed E-state index contributed by atoms with van der Waals surface area (Å²) in [6.07, 6.45) is -15.0. The van der Waals surface area contributed by atoms with Gasteiger partial charge in [0.15, 0.2) is 0 Å². The van der Waals surface area contributed by atoms with Crippen molar-refractivity contribution in [1.29, 1.82) is 0 Å². The maximum Gasteiger partial charge on any atom is 0.522 e. The van der Waals surface area contributed by atoms with E-state index in [4.69, 9.17) is 4.74 Å². The van der Waals surface area contributed by atoms with Crippen molar-refractivity contribution >= 4 is 0 Å². The minimum absolute atomic E-state index is 0.0715. The monoisotopic (exact) mass is 388 g/mol. The topological polar surface area (TPSA) is 24.9 Å². The van der Waals surface area contributed by atoms with Gasteiger partial charge in [-0.15, -0.1) is 13.2 Å². The lowest BCUT2D eigenvalue weighted by atomic mass is 10.1. The predicted octanol–water partition coefficient (Wildman–Crippen LogP) is 3.44. The van der Waals surface area contributed by atoms with Crippen molar-refractivity contribution in [3.8, 4) is 0 Å². The summed E-state index contributed by atoms with van der Waals surface area (Å²) in [6.45, 7) is -0.702. The van der Waals surface area contributed by atoms with Crippen LogP contribution in [-0.4, -0.2) is 73.5 Å². The highest BCUT2D eigenvalue weighted by Crippen LogP contribution is 2.42. The van der Waals surface area contributed by atoms with E-state index < -0.39 is 56.6 Å². The van der Waals surface area contributed by atoms with Gasteiger partial charge >= 0.3 is 18.7 Å². The molecule has 0 spiro atoms. The summed E-state index contributed by atoms with van der Waals surface area (Å²) in [4.78, 5) is 0.0245. The van der Waals surface area contributed by atoms with E-state index in [1.807, 2.05) is 0 Å². The van der Waals surface area contributed by atoms with Gasteiger partial charge in [-0.05, 0) is 13.3 Å². The Hall–Kier alpha value is -0.720. The average Bonchev–Trinajstić information content (AvgIpc) is 2.70. The van der Waals surface area contributed by atoms with E-state index in [1.165, 1.54) is 21.0 Å². The van der Waals surface area contributed by atoms with Crippen LogP contribution < -0.4 is 0 Å². The Kier molecular flexibility index (Phi) is 7.04. The van der Waals surface area contributed by atoms with E-state index in [2.05, 4.69) is 4.74 Å². The van der Waals surface area contributed by atoms with Gasteiger partial charge in [-0.2, -0.15) is 22.0 Å². The number of rotatable bonds is 7. The molecule has 1 rings (SSSR count). The number of ether oxygens (including phenoxy) is 2. The molecule has 0 N–H and O–H groups in total. The van der Waals surface area contributed by atoms with Crippen molar-refractivity contribution in [3.05, 3.63) is 0 Å². The minimum Gasteiger partial charge on any atom is -0.380 e. The molecule has 3 unspecified atom stereocenters. The Morgan fingerprint density at radius 3 is 2.12 bits per heavy atom. The Balaban J connectivity index is 3.05. The van der Waals surface area contributed by atoms with Crippen LogP contribution in [0.4, 0.5) is 35.1 Å². The first kappa shape index (κ1) is 22.3. The normalized spacial score (nSPS) is 25.3. The van der Waals surface area contributed by atoms with Gasteiger partial charge in [0.2, 0.25) is 0 Å². The molecule has 0 aromatic heterocycles. The summed E-state index contributed by atoms with van der Waals surface area (Å²) < 4.78 is 113. The Labute approximate surface area is 139 Å². The second-order valence-corrected chi connectivity index (χ2v) is 5.62. The number of methoxy groups -OCH3 is 1. The van der Waals surface area contributed by atoms with Crippen molar-refractivity contribution in [2.24, 2.45) is 0 Å². The third kappa shape index (κ3) is 5.38. The van der Waals surface area contributed by atoms with E-state index in [0.717, 1.165) is 0 Å². The van der Waals surface area contributed by atoms with Crippen molar-refractivity contribution in [1.82, 2.24) is 9.80 Å². The molecule has 0 bridgehead atoms. The van der Waals surface area contributed by atoms with Crippen molar-refractivity contribution < 1.29 is 44.6 Å². The molecule has 3 atom stereocenters. The molecule has 1 fully saturated rings. The zero-order chi connectivity index (χ0) is 19.6. The first-order chi connectivity index (χ1) is 11.3. The summed E-state index contributed by atoms with van der Waals surface area (Å²) in [6, 6.07) is -3.66. The van der Waals surface area contributed by atoms with Gasteiger partial charge in [0.1, 0.15) is 6.04 Å². The van der Waals surface area contributed by atoms with Crippen LogP contribution in [0, 0.1) is 0 Å². The molecule has 0 aromatic rings. The maximum absolute atomic E-state index is 14.6. The molecule has 1 saturated heterocycles. The van der Waals surface area contributed by atoms with Crippen molar-refractivity contribution in [2.45, 2.75) is 57.2 Å². The molecule has 4 nitrogen and oxygen atoms in total. The molecule has 0 amide bonds. The zero-order valence-electron chi connectivity index (χ0n) is 13.8. The van der Waals surface area contributed by atoms with Crippen LogP contribution in [-0.2, 0) is 9.47 Å². The quantitative estimate of drug-likeness (QED) is 0.493. The molecule has 0 aliphatic carbocycles. The van der Waals surface area contributed by atoms with E-state index in [-0.39, 0.29) is 11.3 Å². The van der Waals surface area contributed by atoms with Gasteiger partial charge in [0, 0.05) is 26.2 Å². The second kappa shape index (κ2) is 7.89.